The number of H-pyrrole nitrogens is 1. The van der Waals surface area contributed by atoms with Gasteiger partial charge in [0.15, 0.2) is 0 Å². The van der Waals surface area contributed by atoms with Crippen molar-refractivity contribution in [3.63, 3.8) is 0 Å². The molecular weight excluding hydrogens is 268 g/mol. The van der Waals surface area contributed by atoms with Gasteiger partial charge in [-0.3, -0.25) is 4.79 Å². The number of nitrogens with two attached hydrogens (primary N) is 1. The highest BCUT2D eigenvalue weighted by Gasteiger charge is 2.05. The molecule has 0 atom stereocenters. The largest absolute Gasteiger partial charge is 0.383 e. The summed E-state index contributed by atoms with van der Waals surface area (Å²) in [6, 6.07) is 1.27. The first kappa shape index (κ1) is 15.0. The minimum absolute atomic E-state index is 0.234. The van der Waals surface area contributed by atoms with Crippen LogP contribution in [-0.2, 0) is 12.8 Å². The van der Waals surface area contributed by atoms with E-state index in [0.29, 0.717) is 18.8 Å². The maximum absolute atomic E-state index is 11.3. The van der Waals surface area contributed by atoms with Crippen LogP contribution in [-0.4, -0.2) is 26.5 Å². The minimum Gasteiger partial charge on any atom is -0.383 e. The molecule has 2 heterocycles. The lowest BCUT2D eigenvalue weighted by atomic mass is 10.2. The van der Waals surface area contributed by atoms with Gasteiger partial charge in [0.1, 0.15) is 23.3 Å². The average Bonchev–Trinajstić information content (AvgIpc) is 2.41. The second-order valence-corrected chi connectivity index (χ2v) is 4.83. The van der Waals surface area contributed by atoms with Gasteiger partial charge in [-0.25, -0.2) is 15.0 Å². The normalized spacial score (nSPS) is 10.6. The van der Waals surface area contributed by atoms with E-state index in [-0.39, 0.29) is 11.4 Å². The zero-order valence-electron chi connectivity index (χ0n) is 12.3. The molecule has 0 spiro atoms. The maximum Gasteiger partial charge on any atom is 0.252 e. The summed E-state index contributed by atoms with van der Waals surface area (Å²) < 4.78 is 0. The lowest BCUT2D eigenvalue weighted by Gasteiger charge is -2.10. The van der Waals surface area contributed by atoms with Gasteiger partial charge in [-0.05, 0) is 13.3 Å². The molecule has 0 aliphatic rings. The van der Waals surface area contributed by atoms with Crippen LogP contribution in [0.1, 0.15) is 30.6 Å². The van der Waals surface area contributed by atoms with Gasteiger partial charge in [-0.1, -0.05) is 13.3 Å². The third-order valence-electron chi connectivity index (χ3n) is 2.97. The molecule has 2 rings (SSSR count). The number of nitrogens with zero attached hydrogens (tertiary/aromatic N) is 3. The lowest BCUT2D eigenvalue weighted by Crippen LogP contribution is -2.16. The van der Waals surface area contributed by atoms with Crippen molar-refractivity contribution >= 4 is 11.6 Å². The van der Waals surface area contributed by atoms with E-state index >= 15 is 0 Å². The predicted molar refractivity (Wildman–Crippen MR) is 82.2 cm³/mol. The Bertz CT molecular complexity index is 667. The van der Waals surface area contributed by atoms with Gasteiger partial charge in [0.2, 0.25) is 0 Å². The minimum atomic E-state index is -0.234. The maximum atomic E-state index is 11.3. The van der Waals surface area contributed by atoms with Crippen molar-refractivity contribution in [1.29, 1.82) is 0 Å². The first-order chi connectivity index (χ1) is 10.1. The van der Waals surface area contributed by atoms with Crippen molar-refractivity contribution in [2.45, 2.75) is 33.1 Å². The van der Waals surface area contributed by atoms with Crippen molar-refractivity contribution < 1.29 is 0 Å². The molecule has 7 heteroatoms. The van der Waals surface area contributed by atoms with Crippen LogP contribution in [0, 0.1) is 6.92 Å². The molecule has 2 aromatic heterocycles. The SMILES string of the molecule is CCCc1cnc(C)nc1NCCc1nc(N)cc(=O)[nH]1. The van der Waals surface area contributed by atoms with Crippen LogP contribution < -0.4 is 16.6 Å². The Hall–Kier alpha value is -2.44. The molecule has 7 nitrogen and oxygen atoms in total. The van der Waals surface area contributed by atoms with E-state index in [1.165, 1.54) is 6.07 Å². The average molecular weight is 288 g/mol. The first-order valence-corrected chi connectivity index (χ1v) is 7.00. The van der Waals surface area contributed by atoms with E-state index < -0.39 is 0 Å². The van der Waals surface area contributed by atoms with Crippen LogP contribution in [0.4, 0.5) is 11.6 Å². The van der Waals surface area contributed by atoms with Gasteiger partial charge in [0.05, 0.1) is 0 Å². The zero-order valence-corrected chi connectivity index (χ0v) is 12.3. The number of aryl methyl sites for hydroxylation is 2. The van der Waals surface area contributed by atoms with Crippen LogP contribution in [0.25, 0.3) is 0 Å². The summed E-state index contributed by atoms with van der Waals surface area (Å²) in [5.74, 6) is 2.37. The Labute approximate surface area is 123 Å². The number of rotatable bonds is 6. The van der Waals surface area contributed by atoms with Crippen molar-refractivity contribution in [2.24, 2.45) is 0 Å². The standard InChI is InChI=1S/C14H20N6O/c1-3-4-10-8-17-9(2)18-14(10)16-6-5-12-19-11(15)7-13(21)20-12/h7-8H,3-6H2,1-2H3,(H,16,17,18)(H3,15,19,20,21). The van der Waals surface area contributed by atoms with Crippen LogP contribution in [0.15, 0.2) is 17.1 Å². The molecule has 0 saturated carbocycles. The molecule has 0 bridgehead atoms. The highest BCUT2D eigenvalue weighted by molar-refractivity contribution is 5.43. The van der Waals surface area contributed by atoms with Crippen molar-refractivity contribution in [2.75, 3.05) is 17.6 Å². The summed E-state index contributed by atoms with van der Waals surface area (Å²) in [4.78, 5) is 26.7. The molecule has 0 aliphatic heterocycles. The van der Waals surface area contributed by atoms with Crippen LogP contribution in [0.3, 0.4) is 0 Å². The summed E-state index contributed by atoms with van der Waals surface area (Å²) in [6.07, 6.45) is 4.38. The van der Waals surface area contributed by atoms with Gasteiger partial charge >= 0.3 is 0 Å². The van der Waals surface area contributed by atoms with Gasteiger partial charge in [-0.2, -0.15) is 0 Å². The summed E-state index contributed by atoms with van der Waals surface area (Å²) in [5, 5.41) is 3.27. The molecule has 0 unspecified atom stereocenters. The van der Waals surface area contributed by atoms with E-state index in [0.717, 1.165) is 30.0 Å². The number of hydrogen-bond donors (Lipinski definition) is 3. The van der Waals surface area contributed by atoms with Gasteiger partial charge in [-0.15, -0.1) is 0 Å². The topological polar surface area (TPSA) is 110 Å². The number of aromatic nitrogens is 4. The summed E-state index contributed by atoms with van der Waals surface area (Å²) >= 11 is 0. The van der Waals surface area contributed by atoms with E-state index in [1.807, 2.05) is 13.1 Å². The van der Waals surface area contributed by atoms with E-state index in [4.69, 9.17) is 5.73 Å². The van der Waals surface area contributed by atoms with E-state index in [9.17, 15) is 4.79 Å². The smallest absolute Gasteiger partial charge is 0.252 e. The van der Waals surface area contributed by atoms with Crippen LogP contribution >= 0.6 is 0 Å². The molecule has 21 heavy (non-hydrogen) atoms. The van der Waals surface area contributed by atoms with E-state index in [1.54, 1.807) is 0 Å². The number of hydrogen-bond acceptors (Lipinski definition) is 6. The molecule has 0 amide bonds. The molecule has 0 radical (unpaired) electrons. The quantitative estimate of drug-likeness (QED) is 0.733. The fourth-order valence-electron chi connectivity index (χ4n) is 2.05. The third-order valence-corrected chi connectivity index (χ3v) is 2.97. The van der Waals surface area contributed by atoms with Crippen LogP contribution in [0.5, 0.6) is 0 Å². The number of nitrogens with one attached hydrogen (secondary N) is 2. The lowest BCUT2D eigenvalue weighted by molar-refractivity contribution is 0.859. The van der Waals surface area contributed by atoms with Crippen LogP contribution in [0.2, 0.25) is 0 Å². The van der Waals surface area contributed by atoms with Gasteiger partial charge in [0.25, 0.3) is 5.56 Å². The monoisotopic (exact) mass is 288 g/mol. The van der Waals surface area contributed by atoms with Crippen molar-refractivity contribution in [1.82, 2.24) is 19.9 Å². The molecule has 2 aromatic rings. The molecule has 4 N–H and O–H groups in total. The fraction of sp³-hybridized carbons (Fsp3) is 0.429. The predicted octanol–water partition coefficient (Wildman–Crippen LogP) is 1.06. The number of aromatic amines is 1. The molecule has 0 fully saturated rings. The Morgan fingerprint density at radius 3 is 2.86 bits per heavy atom. The highest BCUT2D eigenvalue weighted by Crippen LogP contribution is 2.13. The molecule has 0 aromatic carbocycles. The Morgan fingerprint density at radius 1 is 1.33 bits per heavy atom. The molecular formula is C14H20N6O. The molecule has 0 aliphatic carbocycles. The Morgan fingerprint density at radius 2 is 2.14 bits per heavy atom. The zero-order chi connectivity index (χ0) is 15.2. The Kier molecular flexibility index (Phi) is 4.86. The summed E-state index contributed by atoms with van der Waals surface area (Å²) in [5.41, 5.74) is 6.41. The Balaban J connectivity index is 2.02. The third kappa shape index (κ3) is 4.27. The highest BCUT2D eigenvalue weighted by atomic mass is 16.1. The fourth-order valence-corrected chi connectivity index (χ4v) is 2.05. The number of anilines is 2. The van der Waals surface area contributed by atoms with Gasteiger partial charge < -0.3 is 16.0 Å². The summed E-state index contributed by atoms with van der Waals surface area (Å²) in [6.45, 7) is 4.59. The second kappa shape index (κ2) is 6.83. The molecule has 112 valence electrons. The number of nitrogen functional groups attached to an aromatic ring is 1. The second-order valence-electron chi connectivity index (χ2n) is 4.83. The first-order valence-electron chi connectivity index (χ1n) is 7.00. The molecule has 0 saturated heterocycles. The van der Waals surface area contributed by atoms with Gasteiger partial charge in [0, 0.05) is 30.8 Å². The van der Waals surface area contributed by atoms with E-state index in [2.05, 4.69) is 32.2 Å². The van der Waals surface area contributed by atoms with Crippen molar-refractivity contribution in [3.8, 4) is 0 Å². The summed E-state index contributed by atoms with van der Waals surface area (Å²) in [7, 11) is 0. The van der Waals surface area contributed by atoms with Crippen molar-refractivity contribution in [3.05, 3.63) is 39.8 Å².